The summed E-state index contributed by atoms with van der Waals surface area (Å²) in [6.45, 7) is 8.82. The first-order valence-electron chi connectivity index (χ1n) is 10.5. The van der Waals surface area contributed by atoms with Crippen molar-refractivity contribution in [3.05, 3.63) is 41.6 Å². The van der Waals surface area contributed by atoms with Gasteiger partial charge in [0.05, 0.1) is 7.11 Å². The van der Waals surface area contributed by atoms with Gasteiger partial charge in [-0.15, -0.1) is 0 Å². The Labute approximate surface area is 178 Å². The fourth-order valence-electron chi connectivity index (χ4n) is 3.92. The van der Waals surface area contributed by atoms with Crippen molar-refractivity contribution in [3.63, 3.8) is 0 Å². The van der Waals surface area contributed by atoms with Crippen molar-refractivity contribution in [2.24, 2.45) is 0 Å². The Morgan fingerprint density at radius 3 is 2.33 bits per heavy atom. The van der Waals surface area contributed by atoms with Crippen molar-refractivity contribution in [3.8, 4) is 5.75 Å². The second kappa shape index (κ2) is 8.87. The number of methoxy groups -OCH3 is 1. The number of likely N-dealkylation sites (N-methyl/N-ethyl adjacent to an activating group) is 1. The van der Waals surface area contributed by atoms with E-state index in [0.717, 1.165) is 56.7 Å². The number of hydrogen-bond donors (Lipinski definition) is 0. The summed E-state index contributed by atoms with van der Waals surface area (Å²) >= 11 is 0. The smallest absolute Gasteiger partial charge is 0.254 e. The molecule has 0 spiro atoms. The molecule has 4 rings (SSSR count). The number of anilines is 2. The summed E-state index contributed by atoms with van der Waals surface area (Å²) in [5.41, 5.74) is 1.63. The van der Waals surface area contributed by atoms with Crippen LogP contribution in [0.4, 0.5) is 11.8 Å². The highest BCUT2D eigenvalue weighted by atomic mass is 16.5. The Morgan fingerprint density at radius 1 is 0.933 bits per heavy atom. The SMILES string of the molecule is COc1cccc(C(=O)N2CCN(c3nc(C)cc(N4CCN(C)CC4)n3)CC2)c1. The van der Waals surface area contributed by atoms with Gasteiger partial charge in [-0.2, -0.15) is 4.98 Å². The van der Waals surface area contributed by atoms with E-state index in [0.29, 0.717) is 24.4 Å². The van der Waals surface area contributed by atoms with Gasteiger partial charge in [0.25, 0.3) is 5.91 Å². The van der Waals surface area contributed by atoms with Crippen molar-refractivity contribution >= 4 is 17.7 Å². The Morgan fingerprint density at radius 2 is 1.63 bits per heavy atom. The van der Waals surface area contributed by atoms with Crippen LogP contribution in [0.25, 0.3) is 0 Å². The number of carbonyl (C=O) groups excluding carboxylic acids is 1. The molecular formula is C22H30N6O2. The van der Waals surface area contributed by atoms with Crippen LogP contribution in [0.3, 0.4) is 0 Å². The predicted molar refractivity (Wildman–Crippen MR) is 118 cm³/mol. The van der Waals surface area contributed by atoms with Crippen molar-refractivity contribution in [1.29, 1.82) is 0 Å². The van der Waals surface area contributed by atoms with Crippen LogP contribution in [0, 0.1) is 6.92 Å². The third-order valence-electron chi connectivity index (χ3n) is 5.82. The predicted octanol–water partition coefficient (Wildman–Crippen LogP) is 1.51. The summed E-state index contributed by atoms with van der Waals surface area (Å²) < 4.78 is 5.24. The van der Waals surface area contributed by atoms with Gasteiger partial charge in [-0.25, -0.2) is 4.98 Å². The monoisotopic (exact) mass is 410 g/mol. The Balaban J connectivity index is 1.42. The van der Waals surface area contributed by atoms with E-state index in [1.807, 2.05) is 30.0 Å². The molecule has 160 valence electrons. The number of ether oxygens (including phenoxy) is 1. The molecule has 1 aromatic heterocycles. The van der Waals surface area contributed by atoms with Crippen molar-refractivity contribution < 1.29 is 9.53 Å². The first-order valence-corrected chi connectivity index (χ1v) is 10.5. The highest BCUT2D eigenvalue weighted by Crippen LogP contribution is 2.21. The van der Waals surface area contributed by atoms with Gasteiger partial charge in [0.2, 0.25) is 5.95 Å². The Kier molecular flexibility index (Phi) is 6.03. The number of amides is 1. The number of aryl methyl sites for hydroxylation is 1. The molecule has 1 aromatic carbocycles. The van der Waals surface area contributed by atoms with Gasteiger partial charge in [0, 0.05) is 69.7 Å². The minimum Gasteiger partial charge on any atom is -0.497 e. The average Bonchev–Trinajstić information content (AvgIpc) is 2.79. The van der Waals surface area contributed by atoms with Gasteiger partial charge in [-0.3, -0.25) is 4.79 Å². The summed E-state index contributed by atoms with van der Waals surface area (Å²) in [4.78, 5) is 31.1. The molecule has 30 heavy (non-hydrogen) atoms. The number of nitrogens with zero attached hydrogens (tertiary/aromatic N) is 6. The van der Waals surface area contributed by atoms with Crippen molar-refractivity contribution in [2.75, 3.05) is 76.3 Å². The summed E-state index contributed by atoms with van der Waals surface area (Å²) in [6.07, 6.45) is 0. The maximum Gasteiger partial charge on any atom is 0.254 e. The van der Waals surface area contributed by atoms with Gasteiger partial charge < -0.3 is 24.3 Å². The molecule has 0 bridgehead atoms. The van der Waals surface area contributed by atoms with Gasteiger partial charge in [-0.1, -0.05) is 6.07 Å². The molecule has 0 aliphatic carbocycles. The standard InChI is InChI=1S/C22H30N6O2/c1-17-15-20(26-9-7-25(2)8-10-26)24-22(23-17)28-13-11-27(12-14-28)21(29)18-5-4-6-19(16-18)30-3/h4-6,15-16H,7-14H2,1-3H3. The minimum atomic E-state index is 0.0387. The Bertz CT molecular complexity index is 889. The van der Waals surface area contributed by atoms with E-state index in [-0.39, 0.29) is 5.91 Å². The lowest BCUT2D eigenvalue weighted by atomic mass is 10.1. The quantitative estimate of drug-likeness (QED) is 0.757. The molecule has 0 atom stereocenters. The molecular weight excluding hydrogens is 380 g/mol. The molecule has 2 saturated heterocycles. The number of aromatic nitrogens is 2. The molecule has 0 saturated carbocycles. The molecule has 8 heteroatoms. The van der Waals surface area contributed by atoms with E-state index in [2.05, 4.69) is 32.8 Å². The van der Waals surface area contributed by atoms with E-state index in [9.17, 15) is 4.79 Å². The molecule has 0 N–H and O–H groups in total. The summed E-state index contributed by atoms with van der Waals surface area (Å²) in [6, 6.07) is 9.39. The highest BCUT2D eigenvalue weighted by molar-refractivity contribution is 5.94. The van der Waals surface area contributed by atoms with Gasteiger partial charge >= 0.3 is 0 Å². The van der Waals surface area contributed by atoms with E-state index in [4.69, 9.17) is 9.72 Å². The third kappa shape index (κ3) is 4.48. The van der Waals surface area contributed by atoms with Crippen LogP contribution in [0.2, 0.25) is 0 Å². The van der Waals surface area contributed by atoms with Crippen LogP contribution >= 0.6 is 0 Å². The molecule has 8 nitrogen and oxygen atoms in total. The van der Waals surface area contributed by atoms with E-state index >= 15 is 0 Å². The van der Waals surface area contributed by atoms with Gasteiger partial charge in [-0.05, 0) is 32.2 Å². The van der Waals surface area contributed by atoms with E-state index in [1.54, 1.807) is 13.2 Å². The minimum absolute atomic E-state index is 0.0387. The highest BCUT2D eigenvalue weighted by Gasteiger charge is 2.25. The largest absolute Gasteiger partial charge is 0.497 e. The molecule has 2 aliphatic heterocycles. The number of hydrogen-bond acceptors (Lipinski definition) is 7. The van der Waals surface area contributed by atoms with Crippen LogP contribution in [0.15, 0.2) is 30.3 Å². The average molecular weight is 411 g/mol. The van der Waals surface area contributed by atoms with Crippen LogP contribution < -0.4 is 14.5 Å². The van der Waals surface area contributed by atoms with Crippen molar-refractivity contribution in [2.45, 2.75) is 6.92 Å². The lowest BCUT2D eigenvalue weighted by molar-refractivity contribution is 0.0746. The van der Waals surface area contributed by atoms with Gasteiger partial charge in [0.15, 0.2) is 0 Å². The fraction of sp³-hybridized carbons (Fsp3) is 0.500. The molecule has 2 aliphatic rings. The molecule has 2 fully saturated rings. The van der Waals surface area contributed by atoms with Gasteiger partial charge in [0.1, 0.15) is 11.6 Å². The maximum atomic E-state index is 12.9. The zero-order chi connectivity index (χ0) is 21.1. The summed E-state index contributed by atoms with van der Waals surface area (Å²) in [5, 5.41) is 0. The fourth-order valence-corrected chi connectivity index (χ4v) is 3.92. The number of benzene rings is 1. The lowest BCUT2D eigenvalue weighted by Crippen LogP contribution is -2.49. The van der Waals surface area contributed by atoms with Crippen molar-refractivity contribution in [1.82, 2.24) is 19.8 Å². The molecule has 2 aromatic rings. The lowest BCUT2D eigenvalue weighted by Gasteiger charge is -2.36. The van der Waals surface area contributed by atoms with Crippen LogP contribution in [0.5, 0.6) is 5.75 Å². The molecule has 3 heterocycles. The zero-order valence-corrected chi connectivity index (χ0v) is 18.0. The normalized spacial score (nSPS) is 17.9. The Hall–Kier alpha value is -2.87. The van der Waals surface area contributed by atoms with Crippen LogP contribution in [-0.4, -0.2) is 92.2 Å². The molecule has 0 unspecified atom stereocenters. The number of carbonyl (C=O) groups is 1. The topological polar surface area (TPSA) is 65.0 Å². The second-order valence-electron chi connectivity index (χ2n) is 7.97. The number of rotatable bonds is 4. The maximum absolute atomic E-state index is 12.9. The second-order valence-corrected chi connectivity index (χ2v) is 7.97. The van der Waals surface area contributed by atoms with Crippen LogP contribution in [0.1, 0.15) is 16.1 Å². The van der Waals surface area contributed by atoms with E-state index in [1.165, 1.54) is 0 Å². The summed E-state index contributed by atoms with van der Waals surface area (Å²) in [5.74, 6) is 2.50. The molecule has 0 radical (unpaired) electrons. The summed E-state index contributed by atoms with van der Waals surface area (Å²) in [7, 11) is 3.76. The van der Waals surface area contributed by atoms with Crippen LogP contribution in [-0.2, 0) is 0 Å². The first-order chi connectivity index (χ1) is 14.5. The third-order valence-corrected chi connectivity index (χ3v) is 5.82. The van der Waals surface area contributed by atoms with E-state index < -0.39 is 0 Å². The zero-order valence-electron chi connectivity index (χ0n) is 18.0. The first kappa shape index (κ1) is 20.4. The molecule has 1 amide bonds. The number of piperazine rings is 2.